The Bertz CT molecular complexity index is 263. The first kappa shape index (κ1) is 5.96. The quantitative estimate of drug-likeness (QED) is 0.593. The first-order valence-electron chi connectivity index (χ1n) is 3.22. The van der Waals surface area contributed by atoms with Gasteiger partial charge in [-0.1, -0.05) is 0 Å². The van der Waals surface area contributed by atoms with Crippen LogP contribution >= 0.6 is 0 Å². The van der Waals surface area contributed by atoms with E-state index in [1.807, 2.05) is 12.1 Å². The van der Waals surface area contributed by atoms with Crippen LogP contribution in [0.25, 0.3) is 0 Å². The number of H-pyrrole nitrogens is 2. The summed E-state index contributed by atoms with van der Waals surface area (Å²) in [6.07, 6.45) is 3.49. The van der Waals surface area contributed by atoms with Crippen LogP contribution in [-0.2, 0) is 0 Å². The third kappa shape index (κ3) is 1.21. The standard InChI is InChI=1S/C6H7N5/c1-3-7-10-5(1)9-6-2-4-8-11-6/h1-4H,(H3,7,8,9,10,11). The largest absolute Gasteiger partial charge is 0.322 e. The number of anilines is 2. The molecule has 2 aromatic rings. The van der Waals surface area contributed by atoms with Crippen molar-refractivity contribution in [1.82, 2.24) is 20.4 Å². The second-order valence-electron chi connectivity index (χ2n) is 2.04. The van der Waals surface area contributed by atoms with E-state index in [9.17, 15) is 0 Å². The molecule has 3 N–H and O–H groups in total. The molecule has 2 heterocycles. The molecule has 0 aliphatic heterocycles. The van der Waals surface area contributed by atoms with Gasteiger partial charge in [0.2, 0.25) is 0 Å². The number of nitrogens with one attached hydrogen (secondary N) is 3. The van der Waals surface area contributed by atoms with Crippen molar-refractivity contribution < 1.29 is 0 Å². The van der Waals surface area contributed by atoms with Gasteiger partial charge >= 0.3 is 0 Å². The lowest BCUT2D eigenvalue weighted by atomic mass is 10.6. The van der Waals surface area contributed by atoms with E-state index in [0.29, 0.717) is 0 Å². The molecule has 0 bridgehead atoms. The molecule has 0 radical (unpaired) electrons. The molecule has 2 aromatic heterocycles. The molecule has 0 aromatic carbocycles. The van der Waals surface area contributed by atoms with E-state index < -0.39 is 0 Å². The van der Waals surface area contributed by atoms with Gasteiger partial charge in [-0.3, -0.25) is 10.2 Å². The highest BCUT2D eigenvalue weighted by molar-refractivity contribution is 5.49. The summed E-state index contributed by atoms with van der Waals surface area (Å²) in [7, 11) is 0. The van der Waals surface area contributed by atoms with Crippen LogP contribution in [0.4, 0.5) is 11.6 Å². The molecule has 0 aliphatic rings. The maximum Gasteiger partial charge on any atom is 0.153 e. The minimum atomic E-state index is 0.761. The molecular weight excluding hydrogens is 142 g/mol. The highest BCUT2D eigenvalue weighted by atomic mass is 15.2. The summed E-state index contributed by atoms with van der Waals surface area (Å²) in [4.78, 5) is 0. The summed E-state index contributed by atoms with van der Waals surface area (Å²) in [6, 6.07) is 3.66. The molecule has 0 spiro atoms. The van der Waals surface area contributed by atoms with Crippen LogP contribution in [-0.4, -0.2) is 20.4 Å². The maximum atomic E-state index is 3.90. The number of aromatic amines is 2. The second kappa shape index (κ2) is 2.45. The molecule has 0 saturated heterocycles. The maximum absolute atomic E-state index is 3.90. The zero-order chi connectivity index (χ0) is 7.52. The van der Waals surface area contributed by atoms with Gasteiger partial charge in [-0.2, -0.15) is 10.2 Å². The van der Waals surface area contributed by atoms with E-state index in [-0.39, 0.29) is 0 Å². The molecule has 5 heteroatoms. The molecule has 11 heavy (non-hydrogen) atoms. The molecule has 0 saturated carbocycles. The number of aromatic nitrogens is 4. The first-order valence-corrected chi connectivity index (χ1v) is 3.22. The number of hydrogen-bond acceptors (Lipinski definition) is 3. The SMILES string of the molecule is c1cc(Nc2cc[nH]n2)n[nH]1. The Morgan fingerprint density at radius 2 is 1.55 bits per heavy atom. The molecule has 0 aliphatic carbocycles. The monoisotopic (exact) mass is 149 g/mol. The van der Waals surface area contributed by atoms with Gasteiger partial charge in [0.25, 0.3) is 0 Å². The van der Waals surface area contributed by atoms with Gasteiger partial charge in [0, 0.05) is 24.5 Å². The number of nitrogens with zero attached hydrogens (tertiary/aromatic N) is 2. The molecule has 0 fully saturated rings. The van der Waals surface area contributed by atoms with E-state index in [0.717, 1.165) is 11.6 Å². The summed E-state index contributed by atoms with van der Waals surface area (Å²) in [6.45, 7) is 0. The van der Waals surface area contributed by atoms with Crippen molar-refractivity contribution in [2.24, 2.45) is 0 Å². The van der Waals surface area contributed by atoms with E-state index in [4.69, 9.17) is 0 Å². The fourth-order valence-electron chi connectivity index (χ4n) is 0.791. The number of hydrogen-bond donors (Lipinski definition) is 3. The van der Waals surface area contributed by atoms with Crippen LogP contribution < -0.4 is 5.32 Å². The topological polar surface area (TPSA) is 69.4 Å². The molecule has 0 atom stereocenters. The summed E-state index contributed by atoms with van der Waals surface area (Å²) < 4.78 is 0. The highest BCUT2D eigenvalue weighted by Gasteiger charge is 1.95. The zero-order valence-electron chi connectivity index (χ0n) is 5.70. The van der Waals surface area contributed by atoms with Gasteiger partial charge in [-0.15, -0.1) is 0 Å². The van der Waals surface area contributed by atoms with Crippen molar-refractivity contribution in [3.63, 3.8) is 0 Å². The average molecular weight is 149 g/mol. The molecular formula is C6H7N5. The lowest BCUT2D eigenvalue weighted by Crippen LogP contribution is -1.89. The summed E-state index contributed by atoms with van der Waals surface area (Å²) in [5.41, 5.74) is 0. The Morgan fingerprint density at radius 1 is 1.00 bits per heavy atom. The van der Waals surface area contributed by atoms with Gasteiger partial charge < -0.3 is 5.32 Å². The predicted molar refractivity (Wildman–Crippen MR) is 40.5 cm³/mol. The van der Waals surface area contributed by atoms with E-state index in [1.165, 1.54) is 0 Å². The van der Waals surface area contributed by atoms with Crippen molar-refractivity contribution in [3.05, 3.63) is 24.5 Å². The third-order valence-corrected chi connectivity index (χ3v) is 1.26. The van der Waals surface area contributed by atoms with Gasteiger partial charge in [-0.25, -0.2) is 0 Å². The van der Waals surface area contributed by atoms with Crippen LogP contribution in [0, 0.1) is 0 Å². The molecule has 0 amide bonds. The van der Waals surface area contributed by atoms with E-state index >= 15 is 0 Å². The van der Waals surface area contributed by atoms with Crippen LogP contribution in [0.5, 0.6) is 0 Å². The van der Waals surface area contributed by atoms with Crippen molar-refractivity contribution >= 4 is 11.6 Å². The van der Waals surface area contributed by atoms with Gasteiger partial charge in [0.15, 0.2) is 11.6 Å². The molecule has 2 rings (SSSR count). The predicted octanol–water partition coefficient (Wildman–Crippen LogP) is 0.876. The minimum Gasteiger partial charge on any atom is -0.322 e. The van der Waals surface area contributed by atoms with Crippen LogP contribution in [0.3, 0.4) is 0 Å². The van der Waals surface area contributed by atoms with Crippen molar-refractivity contribution in [1.29, 1.82) is 0 Å². The minimum absolute atomic E-state index is 0.761. The Hall–Kier alpha value is -1.78. The highest BCUT2D eigenvalue weighted by Crippen LogP contribution is 2.07. The fraction of sp³-hybridized carbons (Fsp3) is 0. The van der Waals surface area contributed by atoms with Crippen LogP contribution in [0.15, 0.2) is 24.5 Å². The number of rotatable bonds is 2. The van der Waals surface area contributed by atoms with E-state index in [1.54, 1.807) is 12.4 Å². The average Bonchev–Trinajstić information content (AvgIpc) is 2.60. The summed E-state index contributed by atoms with van der Waals surface area (Å²) in [5.74, 6) is 1.52. The van der Waals surface area contributed by atoms with Crippen molar-refractivity contribution in [3.8, 4) is 0 Å². The van der Waals surface area contributed by atoms with Crippen LogP contribution in [0.1, 0.15) is 0 Å². The van der Waals surface area contributed by atoms with Crippen molar-refractivity contribution in [2.45, 2.75) is 0 Å². The lowest BCUT2D eigenvalue weighted by Gasteiger charge is -1.93. The lowest BCUT2D eigenvalue weighted by molar-refractivity contribution is 1.07. The third-order valence-electron chi connectivity index (χ3n) is 1.26. The Labute approximate surface area is 62.8 Å². The van der Waals surface area contributed by atoms with Gasteiger partial charge in [-0.05, 0) is 0 Å². The zero-order valence-corrected chi connectivity index (χ0v) is 5.70. The van der Waals surface area contributed by atoms with Crippen LogP contribution in [0.2, 0.25) is 0 Å². The van der Waals surface area contributed by atoms with Crippen molar-refractivity contribution in [2.75, 3.05) is 5.32 Å². The van der Waals surface area contributed by atoms with Gasteiger partial charge in [0.05, 0.1) is 0 Å². The second-order valence-corrected chi connectivity index (χ2v) is 2.04. The Balaban J connectivity index is 2.14. The molecule has 5 nitrogen and oxygen atoms in total. The molecule has 56 valence electrons. The Kier molecular flexibility index (Phi) is 1.33. The summed E-state index contributed by atoms with van der Waals surface area (Å²) in [5, 5.41) is 16.2. The Morgan fingerprint density at radius 3 is 1.91 bits per heavy atom. The first-order chi connectivity index (χ1) is 5.45. The smallest absolute Gasteiger partial charge is 0.153 e. The normalized spacial score (nSPS) is 9.82. The van der Waals surface area contributed by atoms with E-state index in [2.05, 4.69) is 25.7 Å². The van der Waals surface area contributed by atoms with Gasteiger partial charge in [0.1, 0.15) is 0 Å². The molecule has 0 unspecified atom stereocenters. The fourth-order valence-corrected chi connectivity index (χ4v) is 0.791. The summed E-state index contributed by atoms with van der Waals surface area (Å²) >= 11 is 0.